The lowest BCUT2D eigenvalue weighted by atomic mass is 10.1. The molecular formula is C19H12IN3. The number of hydrogen-bond donors (Lipinski definition) is 0. The van der Waals surface area contributed by atoms with Gasteiger partial charge < -0.3 is 0 Å². The van der Waals surface area contributed by atoms with Crippen LogP contribution in [0.4, 0.5) is 0 Å². The molecule has 0 atom stereocenters. The van der Waals surface area contributed by atoms with Gasteiger partial charge in [0.1, 0.15) is 5.65 Å². The lowest BCUT2D eigenvalue weighted by Gasteiger charge is -2.08. The molecule has 0 radical (unpaired) electrons. The Hall–Kier alpha value is -2.21. The Bertz CT molecular complexity index is 1240. The van der Waals surface area contributed by atoms with Gasteiger partial charge in [0.25, 0.3) is 0 Å². The number of pyridine rings is 2. The Morgan fingerprint density at radius 3 is 2.65 bits per heavy atom. The van der Waals surface area contributed by atoms with Crippen LogP contribution in [0.1, 0.15) is 5.56 Å². The summed E-state index contributed by atoms with van der Waals surface area (Å²) in [6.45, 7) is 2.11. The van der Waals surface area contributed by atoms with Crippen LogP contribution in [0.5, 0.6) is 0 Å². The quantitative estimate of drug-likeness (QED) is 0.263. The molecule has 0 aliphatic rings. The molecular weight excluding hydrogens is 397 g/mol. The van der Waals surface area contributed by atoms with Crippen molar-refractivity contribution in [3.8, 4) is 0 Å². The van der Waals surface area contributed by atoms with E-state index in [1.807, 2.05) is 6.20 Å². The first-order chi connectivity index (χ1) is 11.2. The number of hydrogen-bond acceptors (Lipinski definition) is 2. The van der Waals surface area contributed by atoms with Gasteiger partial charge in [0, 0.05) is 20.5 Å². The maximum atomic E-state index is 4.95. The van der Waals surface area contributed by atoms with Gasteiger partial charge in [-0.1, -0.05) is 30.3 Å². The molecule has 0 aliphatic heterocycles. The van der Waals surface area contributed by atoms with Crippen LogP contribution >= 0.6 is 22.6 Å². The third-order valence-corrected chi connectivity index (χ3v) is 4.97. The van der Waals surface area contributed by atoms with Crippen LogP contribution < -0.4 is 0 Å². The van der Waals surface area contributed by atoms with Gasteiger partial charge in [0.05, 0.1) is 22.1 Å². The number of aryl methyl sites for hydroxylation is 1. The number of rotatable bonds is 0. The first-order valence-corrected chi connectivity index (χ1v) is 8.55. The number of aromatic nitrogens is 3. The van der Waals surface area contributed by atoms with Crippen molar-refractivity contribution in [1.82, 2.24) is 14.4 Å². The highest BCUT2D eigenvalue weighted by atomic mass is 127. The molecule has 0 saturated carbocycles. The number of nitrogens with zero attached hydrogens (tertiary/aromatic N) is 3. The van der Waals surface area contributed by atoms with E-state index >= 15 is 0 Å². The summed E-state index contributed by atoms with van der Waals surface area (Å²) in [5.74, 6) is 0. The second-order valence-electron chi connectivity index (χ2n) is 5.78. The molecule has 0 aliphatic carbocycles. The Morgan fingerprint density at radius 1 is 0.913 bits per heavy atom. The van der Waals surface area contributed by atoms with Gasteiger partial charge >= 0.3 is 0 Å². The molecule has 4 heteroatoms. The molecule has 0 N–H and O–H groups in total. The highest BCUT2D eigenvalue weighted by Crippen LogP contribution is 2.32. The van der Waals surface area contributed by atoms with Gasteiger partial charge in [0.2, 0.25) is 0 Å². The zero-order valence-electron chi connectivity index (χ0n) is 12.4. The largest absolute Gasteiger partial charge is 0.292 e. The van der Waals surface area contributed by atoms with Gasteiger partial charge in [-0.05, 0) is 53.3 Å². The highest BCUT2D eigenvalue weighted by molar-refractivity contribution is 14.1. The summed E-state index contributed by atoms with van der Waals surface area (Å²) in [5.41, 5.74) is 6.55. The van der Waals surface area contributed by atoms with E-state index in [4.69, 9.17) is 9.97 Å². The van der Waals surface area contributed by atoms with Crippen molar-refractivity contribution < 1.29 is 0 Å². The van der Waals surface area contributed by atoms with E-state index in [0.717, 1.165) is 42.1 Å². The zero-order chi connectivity index (χ0) is 15.6. The van der Waals surface area contributed by atoms with Gasteiger partial charge in [-0.2, -0.15) is 0 Å². The Balaban J connectivity index is 2.22. The molecule has 2 aromatic carbocycles. The number of halogens is 1. The van der Waals surface area contributed by atoms with Crippen LogP contribution in [-0.4, -0.2) is 14.4 Å². The third-order valence-electron chi connectivity index (χ3n) is 4.38. The van der Waals surface area contributed by atoms with Crippen molar-refractivity contribution in [2.75, 3.05) is 0 Å². The Labute approximate surface area is 146 Å². The van der Waals surface area contributed by atoms with Crippen LogP contribution in [0.3, 0.4) is 0 Å². The first kappa shape index (κ1) is 13.2. The van der Waals surface area contributed by atoms with E-state index in [2.05, 4.69) is 82.4 Å². The molecule has 0 spiro atoms. The molecule has 0 unspecified atom stereocenters. The van der Waals surface area contributed by atoms with Gasteiger partial charge in [0.15, 0.2) is 0 Å². The van der Waals surface area contributed by atoms with E-state index in [9.17, 15) is 0 Å². The summed E-state index contributed by atoms with van der Waals surface area (Å²) in [4.78, 5) is 9.64. The maximum Gasteiger partial charge on any atom is 0.148 e. The number of benzene rings is 2. The molecule has 0 fully saturated rings. The highest BCUT2D eigenvalue weighted by Gasteiger charge is 2.15. The molecule has 3 nitrogen and oxygen atoms in total. The molecule has 3 heterocycles. The molecule has 0 saturated heterocycles. The molecule has 5 rings (SSSR count). The molecule has 3 aromatic heterocycles. The fraction of sp³-hybridized carbons (Fsp3) is 0.0526. The van der Waals surface area contributed by atoms with Crippen molar-refractivity contribution in [2.24, 2.45) is 0 Å². The minimum Gasteiger partial charge on any atom is -0.292 e. The molecule has 0 bridgehead atoms. The monoisotopic (exact) mass is 409 g/mol. The minimum atomic E-state index is 0.981. The number of para-hydroxylation sites is 2. The fourth-order valence-electron chi connectivity index (χ4n) is 3.36. The number of imidazole rings is 1. The van der Waals surface area contributed by atoms with Crippen LogP contribution in [0.25, 0.3) is 38.5 Å². The normalized spacial score (nSPS) is 11.9. The summed E-state index contributed by atoms with van der Waals surface area (Å²) in [6, 6.07) is 16.9. The SMILES string of the molecule is Cc1cccc2c1nc1c3cc(I)cnc3c3ccccc3n21. The van der Waals surface area contributed by atoms with E-state index in [1.165, 1.54) is 5.56 Å². The van der Waals surface area contributed by atoms with E-state index in [0.29, 0.717) is 0 Å². The average Bonchev–Trinajstić information content (AvgIpc) is 2.96. The van der Waals surface area contributed by atoms with Crippen LogP contribution in [0.15, 0.2) is 54.7 Å². The van der Waals surface area contributed by atoms with E-state index in [-0.39, 0.29) is 0 Å². The summed E-state index contributed by atoms with van der Waals surface area (Å²) < 4.78 is 3.38. The smallest absolute Gasteiger partial charge is 0.148 e. The summed E-state index contributed by atoms with van der Waals surface area (Å²) in [5, 5.41) is 2.26. The summed E-state index contributed by atoms with van der Waals surface area (Å²) in [7, 11) is 0. The van der Waals surface area contributed by atoms with Crippen molar-refractivity contribution in [3.05, 3.63) is 63.9 Å². The summed E-state index contributed by atoms with van der Waals surface area (Å²) in [6.07, 6.45) is 1.92. The predicted molar refractivity (Wildman–Crippen MR) is 103 cm³/mol. The Morgan fingerprint density at radius 2 is 1.74 bits per heavy atom. The lowest BCUT2D eigenvalue weighted by molar-refractivity contribution is 1.30. The van der Waals surface area contributed by atoms with Crippen LogP contribution in [-0.2, 0) is 0 Å². The van der Waals surface area contributed by atoms with Crippen LogP contribution in [0, 0.1) is 10.5 Å². The van der Waals surface area contributed by atoms with Gasteiger partial charge in [-0.25, -0.2) is 4.98 Å². The maximum absolute atomic E-state index is 4.95. The van der Waals surface area contributed by atoms with Crippen molar-refractivity contribution >= 4 is 61.1 Å². The second-order valence-corrected chi connectivity index (χ2v) is 7.03. The first-order valence-electron chi connectivity index (χ1n) is 7.48. The van der Waals surface area contributed by atoms with Crippen molar-refractivity contribution in [2.45, 2.75) is 6.92 Å². The topological polar surface area (TPSA) is 30.2 Å². The second kappa shape index (κ2) is 4.64. The zero-order valence-corrected chi connectivity index (χ0v) is 14.6. The molecule has 110 valence electrons. The van der Waals surface area contributed by atoms with Crippen molar-refractivity contribution in [1.29, 1.82) is 0 Å². The average molecular weight is 409 g/mol. The number of fused-ring (bicyclic) bond motifs is 8. The standard InChI is InChI=1S/C19H12IN3/c1-11-5-4-8-16-17(11)22-19-14-9-12(20)10-21-18(14)13-6-2-3-7-15(13)23(16)19/h2-10H,1H3. The molecule has 0 amide bonds. The molecule has 5 aromatic rings. The van der Waals surface area contributed by atoms with E-state index in [1.54, 1.807) is 0 Å². The van der Waals surface area contributed by atoms with Gasteiger partial charge in [-0.3, -0.25) is 9.38 Å². The minimum absolute atomic E-state index is 0.981. The molecule has 23 heavy (non-hydrogen) atoms. The van der Waals surface area contributed by atoms with Gasteiger partial charge in [-0.15, -0.1) is 0 Å². The van der Waals surface area contributed by atoms with E-state index < -0.39 is 0 Å². The van der Waals surface area contributed by atoms with Crippen LogP contribution in [0.2, 0.25) is 0 Å². The third kappa shape index (κ3) is 1.75. The fourth-order valence-corrected chi connectivity index (χ4v) is 3.81. The Kier molecular flexibility index (Phi) is 2.68. The predicted octanol–water partition coefficient (Wildman–Crippen LogP) is 5.10. The lowest BCUT2D eigenvalue weighted by Crippen LogP contribution is -1.93. The summed E-state index contributed by atoms with van der Waals surface area (Å²) >= 11 is 2.31. The van der Waals surface area contributed by atoms with Crippen molar-refractivity contribution in [3.63, 3.8) is 0 Å².